The van der Waals surface area contributed by atoms with Crippen molar-refractivity contribution in [3.63, 3.8) is 0 Å². The molecule has 2 heterocycles. The number of ether oxygens (including phenoxy) is 1. The summed E-state index contributed by atoms with van der Waals surface area (Å²) < 4.78 is 5.03. The zero-order valence-electron chi connectivity index (χ0n) is 5.89. The van der Waals surface area contributed by atoms with Gasteiger partial charge in [-0.15, -0.1) is 5.11 Å². The van der Waals surface area contributed by atoms with Crippen molar-refractivity contribution in [3.8, 4) is 5.88 Å². The van der Waals surface area contributed by atoms with Crippen molar-refractivity contribution in [1.82, 2.24) is 10.2 Å². The second-order valence-corrected chi connectivity index (χ2v) is 2.04. The van der Waals surface area contributed by atoms with Gasteiger partial charge in [0.25, 0.3) is 0 Å². The molecule has 1 aliphatic heterocycles. The maximum absolute atomic E-state index is 10.8. The summed E-state index contributed by atoms with van der Waals surface area (Å²) in [6.45, 7) is 0. The van der Waals surface area contributed by atoms with Crippen molar-refractivity contribution < 1.29 is 9.53 Å². The summed E-state index contributed by atoms with van der Waals surface area (Å²) in [7, 11) is 0. The van der Waals surface area contributed by atoms with E-state index in [-0.39, 0.29) is 5.76 Å². The van der Waals surface area contributed by atoms with Crippen LogP contribution in [0, 0.1) is 0 Å². The molecule has 0 bridgehead atoms. The van der Waals surface area contributed by atoms with Crippen molar-refractivity contribution in [2.75, 3.05) is 0 Å². The summed E-state index contributed by atoms with van der Waals surface area (Å²) in [6.07, 6.45) is 2.77. The second kappa shape index (κ2) is 2.57. The van der Waals surface area contributed by atoms with Gasteiger partial charge < -0.3 is 4.74 Å². The second-order valence-electron chi connectivity index (χ2n) is 2.04. The third-order valence-corrected chi connectivity index (χ3v) is 1.23. The molecule has 1 aliphatic rings. The molecular weight excluding hydrogens is 160 g/mol. The first kappa shape index (κ1) is 6.71. The number of hydrogen-bond acceptors (Lipinski definition) is 4. The van der Waals surface area contributed by atoms with Crippen molar-refractivity contribution in [2.24, 2.45) is 10.2 Å². The maximum Gasteiger partial charge on any atom is 0.332 e. The van der Waals surface area contributed by atoms with Gasteiger partial charge in [-0.2, -0.15) is 10.2 Å². The van der Waals surface area contributed by atoms with Gasteiger partial charge in [0.05, 0.1) is 12.4 Å². The lowest BCUT2D eigenvalue weighted by molar-refractivity contribution is -0.116. The Bertz CT molecular complexity index is 352. The smallest absolute Gasteiger partial charge is 0.332 e. The molecule has 1 aromatic rings. The Morgan fingerprint density at radius 2 is 2.42 bits per heavy atom. The molecule has 0 saturated heterocycles. The standard InChI is InChI=1S/C6H4N4O2/c11-6-4(3-8-10-6)12-5-1-2-7-9-5/h1-3H,(H,7,9). The minimum absolute atomic E-state index is 0.0965. The Hall–Kier alpha value is -1.98. The normalized spacial score (nSPS) is 15.0. The van der Waals surface area contributed by atoms with Crippen molar-refractivity contribution in [2.45, 2.75) is 0 Å². The van der Waals surface area contributed by atoms with Gasteiger partial charge >= 0.3 is 5.91 Å². The average molecular weight is 164 g/mol. The largest absolute Gasteiger partial charge is 0.432 e. The van der Waals surface area contributed by atoms with E-state index in [0.717, 1.165) is 0 Å². The van der Waals surface area contributed by atoms with Gasteiger partial charge in [-0.3, -0.25) is 4.79 Å². The molecule has 0 spiro atoms. The predicted octanol–water partition coefficient (Wildman–Crippen LogP) is 0.622. The van der Waals surface area contributed by atoms with Crippen LogP contribution in [0.3, 0.4) is 0 Å². The van der Waals surface area contributed by atoms with Crippen LogP contribution in [-0.4, -0.2) is 16.1 Å². The number of amides is 1. The number of carbonyl (C=O) groups is 1. The fraction of sp³-hybridized carbons (Fsp3) is 0. The molecular formula is C6H4N4O2. The Morgan fingerprint density at radius 1 is 1.50 bits per heavy atom. The van der Waals surface area contributed by atoms with E-state index in [9.17, 15) is 4.79 Å². The lowest BCUT2D eigenvalue weighted by atomic mass is 10.5. The first-order chi connectivity index (χ1) is 5.86. The molecule has 60 valence electrons. The highest BCUT2D eigenvalue weighted by molar-refractivity contribution is 5.93. The van der Waals surface area contributed by atoms with E-state index in [2.05, 4.69) is 20.4 Å². The molecule has 0 aromatic carbocycles. The van der Waals surface area contributed by atoms with Crippen LogP contribution in [0.15, 0.2) is 34.5 Å². The van der Waals surface area contributed by atoms with Crippen LogP contribution in [0.5, 0.6) is 5.88 Å². The summed E-state index contributed by atoms with van der Waals surface area (Å²) in [6, 6.07) is 1.59. The molecule has 0 unspecified atom stereocenters. The Balaban J connectivity index is 2.11. The summed E-state index contributed by atoms with van der Waals surface area (Å²) in [5, 5.41) is 12.8. The van der Waals surface area contributed by atoms with Crippen LogP contribution in [0.4, 0.5) is 0 Å². The fourth-order valence-corrected chi connectivity index (χ4v) is 0.727. The number of H-pyrrole nitrogens is 1. The first-order valence-electron chi connectivity index (χ1n) is 3.19. The maximum atomic E-state index is 10.8. The molecule has 12 heavy (non-hydrogen) atoms. The number of aromatic nitrogens is 2. The van der Waals surface area contributed by atoms with Gasteiger partial charge in [0.15, 0.2) is 0 Å². The van der Waals surface area contributed by atoms with E-state index in [1.807, 2.05) is 0 Å². The van der Waals surface area contributed by atoms with Crippen LogP contribution >= 0.6 is 0 Å². The third-order valence-electron chi connectivity index (χ3n) is 1.23. The number of nitrogens with one attached hydrogen (secondary N) is 1. The minimum atomic E-state index is -0.482. The van der Waals surface area contributed by atoms with E-state index in [4.69, 9.17) is 4.74 Å². The number of nitrogens with zero attached hydrogens (tertiary/aromatic N) is 3. The first-order valence-corrected chi connectivity index (χ1v) is 3.19. The van der Waals surface area contributed by atoms with Crippen LogP contribution in [0.25, 0.3) is 0 Å². The molecule has 6 nitrogen and oxygen atoms in total. The predicted molar refractivity (Wildman–Crippen MR) is 37.2 cm³/mol. The molecule has 1 aromatic heterocycles. The summed E-state index contributed by atoms with van der Waals surface area (Å²) in [5.74, 6) is 0.00532. The van der Waals surface area contributed by atoms with Crippen LogP contribution < -0.4 is 4.74 Å². The van der Waals surface area contributed by atoms with Gasteiger partial charge in [-0.1, -0.05) is 0 Å². The van der Waals surface area contributed by atoms with Gasteiger partial charge in [0.2, 0.25) is 11.6 Å². The zero-order chi connectivity index (χ0) is 8.39. The van der Waals surface area contributed by atoms with Gasteiger partial charge in [-0.25, -0.2) is 5.10 Å². The highest BCUT2D eigenvalue weighted by Crippen LogP contribution is 2.13. The number of aromatic amines is 1. The zero-order valence-corrected chi connectivity index (χ0v) is 5.89. The molecule has 0 fully saturated rings. The third kappa shape index (κ3) is 1.09. The molecule has 0 atom stereocenters. The number of carbonyl (C=O) groups excluding carboxylic acids is 1. The number of hydrogen-bond donors (Lipinski definition) is 1. The quantitative estimate of drug-likeness (QED) is 0.695. The molecule has 0 aliphatic carbocycles. The summed E-state index contributed by atoms with van der Waals surface area (Å²) >= 11 is 0. The Morgan fingerprint density at radius 3 is 3.00 bits per heavy atom. The van der Waals surface area contributed by atoms with E-state index in [1.54, 1.807) is 6.07 Å². The van der Waals surface area contributed by atoms with Crippen molar-refractivity contribution in [3.05, 3.63) is 24.2 Å². The van der Waals surface area contributed by atoms with Crippen molar-refractivity contribution in [1.29, 1.82) is 0 Å². The van der Waals surface area contributed by atoms with Gasteiger partial charge in [-0.05, 0) is 0 Å². The molecule has 0 radical (unpaired) electrons. The molecule has 6 heteroatoms. The van der Waals surface area contributed by atoms with E-state index in [0.29, 0.717) is 5.88 Å². The van der Waals surface area contributed by atoms with Crippen molar-refractivity contribution >= 4 is 5.91 Å². The van der Waals surface area contributed by atoms with Gasteiger partial charge in [0.1, 0.15) is 0 Å². The highest BCUT2D eigenvalue weighted by Gasteiger charge is 2.15. The Labute approximate surface area is 66.9 Å². The fourth-order valence-electron chi connectivity index (χ4n) is 0.727. The number of rotatable bonds is 2. The molecule has 1 amide bonds. The van der Waals surface area contributed by atoms with E-state index in [1.165, 1.54) is 12.4 Å². The van der Waals surface area contributed by atoms with Crippen LogP contribution in [0.1, 0.15) is 0 Å². The van der Waals surface area contributed by atoms with Gasteiger partial charge in [0, 0.05) is 6.07 Å². The highest BCUT2D eigenvalue weighted by atomic mass is 16.5. The van der Waals surface area contributed by atoms with Crippen LogP contribution in [0.2, 0.25) is 0 Å². The van der Waals surface area contributed by atoms with E-state index >= 15 is 0 Å². The molecule has 1 N–H and O–H groups in total. The summed E-state index contributed by atoms with van der Waals surface area (Å²) in [5.41, 5.74) is 0. The SMILES string of the molecule is O=C1N=NC=C1Oc1ccn[nH]1. The minimum Gasteiger partial charge on any atom is -0.432 e. The monoisotopic (exact) mass is 164 g/mol. The average Bonchev–Trinajstić information content (AvgIpc) is 2.65. The lowest BCUT2D eigenvalue weighted by Crippen LogP contribution is -2.02. The van der Waals surface area contributed by atoms with Crippen LogP contribution in [-0.2, 0) is 4.79 Å². The lowest BCUT2D eigenvalue weighted by Gasteiger charge is -1.97. The molecule has 2 rings (SSSR count). The van der Waals surface area contributed by atoms with E-state index < -0.39 is 5.91 Å². The Kier molecular flexibility index (Phi) is 1.44. The molecule has 0 saturated carbocycles. The topological polar surface area (TPSA) is 79.7 Å². The summed E-state index contributed by atoms with van der Waals surface area (Å²) in [4.78, 5) is 10.8. The number of azo groups is 1.